The summed E-state index contributed by atoms with van der Waals surface area (Å²) < 4.78 is 12.1. The third-order valence-corrected chi connectivity index (χ3v) is 6.83. The molecule has 0 bridgehead atoms. The predicted octanol–water partition coefficient (Wildman–Crippen LogP) is 10.1. The Bertz CT molecular complexity index is 882. The maximum Gasteiger partial charge on any atom is 0.0845 e. The van der Waals surface area contributed by atoms with Crippen LogP contribution in [0.25, 0.3) is 10.4 Å². The molecule has 2 aromatic carbocycles. The summed E-state index contributed by atoms with van der Waals surface area (Å²) in [5.41, 5.74) is 11.5. The number of ether oxygens (including phenoxy) is 2. The fourth-order valence-corrected chi connectivity index (χ4v) is 4.54. The Balaban J connectivity index is 1.75. The summed E-state index contributed by atoms with van der Waals surface area (Å²) in [5, 5.41) is 4.09. The van der Waals surface area contributed by atoms with Gasteiger partial charge in [-0.15, -0.1) is 0 Å². The van der Waals surface area contributed by atoms with E-state index < -0.39 is 0 Å². The summed E-state index contributed by atoms with van der Waals surface area (Å²) in [5.74, 6) is 0. The molecule has 0 aromatic heterocycles. The van der Waals surface area contributed by atoms with Crippen molar-refractivity contribution in [3.05, 3.63) is 94.4 Å². The molecule has 0 N–H and O–H groups in total. The van der Waals surface area contributed by atoms with Crippen molar-refractivity contribution in [1.29, 1.82) is 0 Å². The second-order valence-corrected chi connectivity index (χ2v) is 10.1. The van der Waals surface area contributed by atoms with E-state index in [1.54, 1.807) is 0 Å². The Hall–Kier alpha value is -2.59. The van der Waals surface area contributed by atoms with Gasteiger partial charge in [0.1, 0.15) is 0 Å². The summed E-state index contributed by atoms with van der Waals surface area (Å²) in [6.45, 7) is 3.82. The zero-order valence-electron chi connectivity index (χ0n) is 23.6. The Labute approximate surface area is 231 Å². The predicted molar refractivity (Wildman–Crippen MR) is 159 cm³/mol. The van der Waals surface area contributed by atoms with Gasteiger partial charge in [-0.2, -0.15) is 0 Å². The molecule has 0 aliphatic carbocycles. The minimum atomic E-state index is -0.312. The van der Waals surface area contributed by atoms with Crippen molar-refractivity contribution in [3.8, 4) is 0 Å². The molecule has 5 heteroatoms. The van der Waals surface area contributed by atoms with Crippen molar-refractivity contribution >= 4 is 0 Å². The molecule has 0 radical (unpaired) electrons. The summed E-state index contributed by atoms with van der Waals surface area (Å²) in [6.07, 6.45) is 20.4. The van der Waals surface area contributed by atoms with Crippen LogP contribution in [-0.2, 0) is 22.7 Å². The van der Waals surface area contributed by atoms with Crippen molar-refractivity contribution in [2.24, 2.45) is 5.11 Å². The molecule has 0 heterocycles. The number of nitrogens with zero attached hydrogens (tertiary/aromatic N) is 3. The van der Waals surface area contributed by atoms with E-state index in [1.165, 1.54) is 70.6 Å². The van der Waals surface area contributed by atoms with Crippen LogP contribution in [0.4, 0.5) is 0 Å². The second kappa shape index (κ2) is 22.4. The minimum Gasteiger partial charge on any atom is -0.377 e. The molecule has 208 valence electrons. The molecule has 0 fully saturated rings. The van der Waals surface area contributed by atoms with E-state index in [-0.39, 0.29) is 12.1 Å². The SMILES string of the molecule is CCCCCCCCCCCCC/C=C/[C@@H](OCc1ccccc1)[C@H](CCOCc1ccccc1)N=[N+]=[N-]. The first kappa shape index (κ1) is 31.6. The number of azide groups is 1. The average Bonchev–Trinajstić information content (AvgIpc) is 2.96. The molecule has 2 atom stereocenters. The van der Waals surface area contributed by atoms with Gasteiger partial charge in [-0.3, -0.25) is 0 Å². The maximum atomic E-state index is 9.23. The van der Waals surface area contributed by atoms with Gasteiger partial charge in [0.15, 0.2) is 0 Å². The molecule has 0 saturated carbocycles. The Morgan fingerprint density at radius 1 is 0.763 bits per heavy atom. The summed E-state index contributed by atoms with van der Waals surface area (Å²) in [6, 6.07) is 19.9. The molecule has 0 spiro atoms. The second-order valence-electron chi connectivity index (χ2n) is 10.1. The smallest absolute Gasteiger partial charge is 0.0845 e. The third-order valence-electron chi connectivity index (χ3n) is 6.83. The Morgan fingerprint density at radius 2 is 1.32 bits per heavy atom. The topological polar surface area (TPSA) is 67.2 Å². The zero-order valence-corrected chi connectivity index (χ0v) is 23.6. The van der Waals surface area contributed by atoms with Gasteiger partial charge in [0.05, 0.1) is 25.4 Å². The van der Waals surface area contributed by atoms with Gasteiger partial charge in [0.25, 0.3) is 0 Å². The van der Waals surface area contributed by atoms with Crippen LogP contribution in [0, 0.1) is 0 Å². The number of unbranched alkanes of at least 4 members (excludes halogenated alkanes) is 11. The normalized spacial score (nSPS) is 12.9. The fraction of sp³-hybridized carbons (Fsp3) is 0.576. The number of benzene rings is 2. The molecular formula is C33H49N3O2. The van der Waals surface area contributed by atoms with Crippen LogP contribution in [-0.4, -0.2) is 18.8 Å². The van der Waals surface area contributed by atoms with Gasteiger partial charge in [-0.1, -0.05) is 149 Å². The molecule has 0 amide bonds. The first-order valence-corrected chi connectivity index (χ1v) is 14.8. The summed E-state index contributed by atoms with van der Waals surface area (Å²) in [7, 11) is 0. The van der Waals surface area contributed by atoms with Gasteiger partial charge >= 0.3 is 0 Å². The standard InChI is InChI=1S/C33H49N3O2/c1-2-3-4-5-6-7-8-9-10-11-12-13-20-25-33(38-29-31-23-18-15-19-24-31)32(35-36-34)26-27-37-28-30-21-16-14-17-22-30/h14-25,32-33H,2-13,26-29H2,1H3/b25-20+/t32-,33+/m0/s1. The van der Waals surface area contributed by atoms with E-state index in [4.69, 9.17) is 9.47 Å². The molecule has 5 nitrogen and oxygen atoms in total. The number of hydrogen-bond acceptors (Lipinski definition) is 3. The lowest BCUT2D eigenvalue weighted by Crippen LogP contribution is -2.27. The van der Waals surface area contributed by atoms with Crippen molar-refractivity contribution in [2.45, 2.75) is 116 Å². The highest BCUT2D eigenvalue weighted by Gasteiger charge is 2.19. The van der Waals surface area contributed by atoms with Crippen molar-refractivity contribution in [2.75, 3.05) is 6.61 Å². The van der Waals surface area contributed by atoms with Gasteiger partial charge in [-0.25, -0.2) is 0 Å². The van der Waals surface area contributed by atoms with E-state index in [0.717, 1.165) is 17.5 Å². The lowest BCUT2D eigenvalue weighted by atomic mass is 10.0. The van der Waals surface area contributed by atoms with Crippen LogP contribution in [0.2, 0.25) is 0 Å². The van der Waals surface area contributed by atoms with E-state index >= 15 is 0 Å². The lowest BCUT2D eigenvalue weighted by molar-refractivity contribution is 0.0400. The molecular weight excluding hydrogens is 470 g/mol. The molecule has 0 unspecified atom stereocenters. The Kier molecular flexibility index (Phi) is 18.6. The van der Waals surface area contributed by atoms with E-state index in [1.807, 2.05) is 48.5 Å². The number of hydrogen-bond donors (Lipinski definition) is 0. The van der Waals surface area contributed by atoms with Gasteiger partial charge in [0, 0.05) is 11.5 Å². The van der Waals surface area contributed by atoms with Crippen molar-refractivity contribution < 1.29 is 9.47 Å². The van der Waals surface area contributed by atoms with Crippen LogP contribution in [0.5, 0.6) is 0 Å². The van der Waals surface area contributed by atoms with Gasteiger partial charge < -0.3 is 9.47 Å². The van der Waals surface area contributed by atoms with E-state index in [0.29, 0.717) is 26.2 Å². The molecule has 38 heavy (non-hydrogen) atoms. The largest absolute Gasteiger partial charge is 0.377 e. The monoisotopic (exact) mass is 519 g/mol. The minimum absolute atomic E-state index is 0.279. The first-order chi connectivity index (χ1) is 18.8. The fourth-order valence-electron chi connectivity index (χ4n) is 4.54. The molecule has 0 aliphatic rings. The van der Waals surface area contributed by atoms with Crippen LogP contribution in [0.1, 0.15) is 102 Å². The average molecular weight is 520 g/mol. The summed E-state index contributed by atoms with van der Waals surface area (Å²) in [4.78, 5) is 3.12. The van der Waals surface area contributed by atoms with Crippen molar-refractivity contribution in [3.63, 3.8) is 0 Å². The van der Waals surface area contributed by atoms with Gasteiger partial charge in [-0.05, 0) is 35.9 Å². The Morgan fingerprint density at radius 3 is 1.89 bits per heavy atom. The molecule has 0 saturated heterocycles. The number of allylic oxidation sites excluding steroid dienone is 1. The van der Waals surface area contributed by atoms with E-state index in [2.05, 4.69) is 41.2 Å². The molecule has 0 aliphatic heterocycles. The highest BCUT2D eigenvalue weighted by molar-refractivity contribution is 5.14. The van der Waals surface area contributed by atoms with Crippen LogP contribution in [0.3, 0.4) is 0 Å². The molecule has 2 aromatic rings. The van der Waals surface area contributed by atoms with Crippen LogP contribution in [0.15, 0.2) is 77.9 Å². The van der Waals surface area contributed by atoms with E-state index in [9.17, 15) is 5.53 Å². The third kappa shape index (κ3) is 15.6. The maximum absolute atomic E-state index is 9.23. The number of rotatable bonds is 23. The van der Waals surface area contributed by atoms with Crippen LogP contribution >= 0.6 is 0 Å². The van der Waals surface area contributed by atoms with Crippen LogP contribution < -0.4 is 0 Å². The molecule has 2 rings (SSSR count). The lowest BCUT2D eigenvalue weighted by Gasteiger charge is -2.21. The quantitative estimate of drug-likeness (QED) is 0.0482. The van der Waals surface area contributed by atoms with Gasteiger partial charge in [0.2, 0.25) is 0 Å². The van der Waals surface area contributed by atoms with Crippen molar-refractivity contribution in [1.82, 2.24) is 0 Å². The highest BCUT2D eigenvalue weighted by Crippen LogP contribution is 2.16. The highest BCUT2D eigenvalue weighted by atomic mass is 16.5. The first-order valence-electron chi connectivity index (χ1n) is 14.8. The summed E-state index contributed by atoms with van der Waals surface area (Å²) >= 11 is 0. The zero-order chi connectivity index (χ0) is 26.9.